The highest BCUT2D eigenvalue weighted by Gasteiger charge is 2.30. The largest absolute Gasteiger partial charge is 0.346 e. The Morgan fingerprint density at radius 3 is 2.57 bits per heavy atom. The Bertz CT molecular complexity index is 779. The number of hydrogen-bond acceptors (Lipinski definition) is 4. The number of anilines is 1. The molecular formula is C18H19N5. The summed E-state index contributed by atoms with van der Waals surface area (Å²) in [4.78, 5) is 0. The first kappa shape index (κ1) is 13.9. The Balaban J connectivity index is 1.69. The van der Waals surface area contributed by atoms with E-state index in [1.807, 2.05) is 10.7 Å². The molecule has 2 unspecified atom stereocenters. The van der Waals surface area contributed by atoms with Gasteiger partial charge in [0.1, 0.15) is 0 Å². The van der Waals surface area contributed by atoms with Gasteiger partial charge in [-0.1, -0.05) is 66.6 Å². The van der Waals surface area contributed by atoms with Crippen LogP contribution in [0.1, 0.15) is 42.1 Å². The van der Waals surface area contributed by atoms with E-state index in [-0.39, 0.29) is 12.1 Å². The molecule has 2 aromatic carbocycles. The first-order chi connectivity index (χ1) is 11.3. The summed E-state index contributed by atoms with van der Waals surface area (Å²) in [5.41, 5.74) is 3.86. The molecule has 0 bridgehead atoms. The van der Waals surface area contributed by atoms with E-state index in [4.69, 9.17) is 0 Å². The molecule has 0 spiro atoms. The molecule has 0 fully saturated rings. The highest BCUT2D eigenvalue weighted by Crippen LogP contribution is 2.36. The molecule has 1 aliphatic rings. The number of fused-ring (bicyclic) bond motifs is 1. The average molecular weight is 305 g/mol. The molecule has 3 aromatic rings. The molecule has 1 N–H and O–H groups in total. The van der Waals surface area contributed by atoms with Crippen molar-refractivity contribution >= 4 is 5.95 Å². The lowest BCUT2D eigenvalue weighted by Crippen LogP contribution is -2.28. The van der Waals surface area contributed by atoms with Gasteiger partial charge in [-0.25, -0.2) is 4.68 Å². The highest BCUT2D eigenvalue weighted by molar-refractivity contribution is 5.38. The van der Waals surface area contributed by atoms with Crippen LogP contribution in [0.15, 0.2) is 54.6 Å². The fourth-order valence-corrected chi connectivity index (χ4v) is 3.19. The molecule has 1 aliphatic heterocycles. The summed E-state index contributed by atoms with van der Waals surface area (Å²) in [6.45, 7) is 2.17. The molecular weight excluding hydrogens is 286 g/mol. The number of aryl methyl sites for hydroxylation is 1. The van der Waals surface area contributed by atoms with Gasteiger partial charge in [-0.3, -0.25) is 0 Å². The van der Waals surface area contributed by atoms with Gasteiger partial charge >= 0.3 is 0 Å². The van der Waals surface area contributed by atoms with Crippen LogP contribution in [0.2, 0.25) is 0 Å². The van der Waals surface area contributed by atoms with Gasteiger partial charge in [-0.05, 0) is 40.0 Å². The maximum Gasteiger partial charge on any atom is 0.243 e. The van der Waals surface area contributed by atoms with Crippen molar-refractivity contribution in [1.29, 1.82) is 0 Å². The zero-order valence-electron chi connectivity index (χ0n) is 13.1. The number of hydrogen-bond donors (Lipinski definition) is 1. The second kappa shape index (κ2) is 5.83. The van der Waals surface area contributed by atoms with E-state index in [2.05, 4.69) is 76.3 Å². The summed E-state index contributed by atoms with van der Waals surface area (Å²) in [5.74, 6) is 0.731. The molecule has 0 amide bonds. The number of tetrazole rings is 1. The van der Waals surface area contributed by atoms with Gasteiger partial charge in [-0.15, -0.1) is 0 Å². The van der Waals surface area contributed by atoms with Crippen LogP contribution in [0.3, 0.4) is 0 Å². The number of nitrogens with one attached hydrogen (secondary N) is 1. The molecule has 5 heteroatoms. The van der Waals surface area contributed by atoms with Crippen LogP contribution in [0, 0.1) is 0 Å². The lowest BCUT2D eigenvalue weighted by molar-refractivity contribution is 0.424. The normalized spacial score (nSPS) is 19.9. The molecule has 0 saturated heterocycles. The van der Waals surface area contributed by atoms with E-state index >= 15 is 0 Å². The summed E-state index contributed by atoms with van der Waals surface area (Å²) < 4.78 is 1.88. The minimum Gasteiger partial charge on any atom is -0.346 e. The summed E-state index contributed by atoms with van der Waals surface area (Å²) >= 11 is 0. The standard InChI is InChI=1S/C18H19N5/c1-2-13-8-10-14(11-9-13)16-12-17(15-6-4-3-5-7-15)23-18(19-16)20-21-22-23/h3-11,16-17H,2,12H2,1H3,(H,19,20,22). The summed E-state index contributed by atoms with van der Waals surface area (Å²) in [6.07, 6.45) is 1.98. The predicted octanol–water partition coefficient (Wildman–Crippen LogP) is 3.38. The number of benzene rings is 2. The van der Waals surface area contributed by atoms with Gasteiger partial charge in [0.25, 0.3) is 0 Å². The highest BCUT2D eigenvalue weighted by atomic mass is 15.6. The quantitative estimate of drug-likeness (QED) is 0.806. The molecule has 116 valence electrons. The number of rotatable bonds is 3. The number of nitrogens with zero attached hydrogens (tertiary/aromatic N) is 4. The van der Waals surface area contributed by atoms with Crippen LogP contribution in [0.25, 0.3) is 0 Å². The van der Waals surface area contributed by atoms with Gasteiger partial charge in [0, 0.05) is 0 Å². The Morgan fingerprint density at radius 1 is 1.04 bits per heavy atom. The zero-order valence-corrected chi connectivity index (χ0v) is 13.1. The van der Waals surface area contributed by atoms with Crippen molar-refractivity contribution < 1.29 is 0 Å². The Hall–Kier alpha value is -2.69. The van der Waals surface area contributed by atoms with Crippen LogP contribution in [0.5, 0.6) is 0 Å². The van der Waals surface area contributed by atoms with E-state index in [9.17, 15) is 0 Å². The van der Waals surface area contributed by atoms with E-state index < -0.39 is 0 Å². The second-order valence-corrected chi connectivity index (χ2v) is 5.90. The molecule has 0 radical (unpaired) electrons. The first-order valence-electron chi connectivity index (χ1n) is 8.03. The first-order valence-corrected chi connectivity index (χ1v) is 8.03. The number of aromatic nitrogens is 4. The van der Waals surface area contributed by atoms with Crippen molar-refractivity contribution in [2.45, 2.75) is 31.8 Å². The van der Waals surface area contributed by atoms with Crippen molar-refractivity contribution in [3.05, 3.63) is 71.3 Å². The van der Waals surface area contributed by atoms with Crippen LogP contribution >= 0.6 is 0 Å². The van der Waals surface area contributed by atoms with Crippen LogP contribution in [-0.4, -0.2) is 20.2 Å². The Morgan fingerprint density at radius 2 is 1.83 bits per heavy atom. The van der Waals surface area contributed by atoms with Crippen LogP contribution in [0.4, 0.5) is 5.95 Å². The van der Waals surface area contributed by atoms with Crippen LogP contribution in [-0.2, 0) is 6.42 Å². The fraction of sp³-hybridized carbons (Fsp3) is 0.278. The molecule has 0 aliphatic carbocycles. The van der Waals surface area contributed by atoms with Gasteiger partial charge in [0.2, 0.25) is 5.95 Å². The maximum atomic E-state index is 4.16. The third-order valence-electron chi connectivity index (χ3n) is 4.53. The van der Waals surface area contributed by atoms with Crippen LogP contribution < -0.4 is 5.32 Å². The topological polar surface area (TPSA) is 55.6 Å². The average Bonchev–Trinajstić information content (AvgIpc) is 3.10. The maximum absolute atomic E-state index is 4.16. The fourth-order valence-electron chi connectivity index (χ4n) is 3.19. The molecule has 23 heavy (non-hydrogen) atoms. The minimum atomic E-state index is 0.151. The van der Waals surface area contributed by atoms with Gasteiger partial charge < -0.3 is 5.32 Å². The third kappa shape index (κ3) is 2.59. The van der Waals surface area contributed by atoms with Crippen molar-refractivity contribution in [2.24, 2.45) is 0 Å². The van der Waals surface area contributed by atoms with E-state index in [1.165, 1.54) is 16.7 Å². The smallest absolute Gasteiger partial charge is 0.243 e. The molecule has 1 aromatic heterocycles. The van der Waals surface area contributed by atoms with Gasteiger partial charge in [0.05, 0.1) is 12.1 Å². The van der Waals surface area contributed by atoms with Gasteiger partial charge in [0.15, 0.2) is 0 Å². The lowest BCUT2D eigenvalue weighted by Gasteiger charge is -2.31. The van der Waals surface area contributed by atoms with E-state index in [0.29, 0.717) is 0 Å². The van der Waals surface area contributed by atoms with Crippen molar-refractivity contribution in [3.8, 4) is 0 Å². The lowest BCUT2D eigenvalue weighted by atomic mass is 9.93. The molecule has 5 nitrogen and oxygen atoms in total. The Labute approximate surface area is 135 Å². The molecule has 4 rings (SSSR count). The Kier molecular flexibility index (Phi) is 3.54. The molecule has 2 heterocycles. The zero-order chi connectivity index (χ0) is 15.6. The minimum absolute atomic E-state index is 0.151. The summed E-state index contributed by atoms with van der Waals surface area (Å²) in [7, 11) is 0. The predicted molar refractivity (Wildman–Crippen MR) is 89.2 cm³/mol. The third-order valence-corrected chi connectivity index (χ3v) is 4.53. The van der Waals surface area contributed by atoms with Crippen molar-refractivity contribution in [3.63, 3.8) is 0 Å². The SMILES string of the molecule is CCc1ccc(C2CC(c3ccccc3)n3nnnc3N2)cc1. The molecule has 0 saturated carbocycles. The van der Waals surface area contributed by atoms with E-state index in [1.54, 1.807) is 0 Å². The van der Waals surface area contributed by atoms with Crippen molar-refractivity contribution in [1.82, 2.24) is 20.2 Å². The van der Waals surface area contributed by atoms with Gasteiger partial charge in [-0.2, -0.15) is 0 Å². The monoisotopic (exact) mass is 305 g/mol. The van der Waals surface area contributed by atoms with E-state index in [0.717, 1.165) is 18.8 Å². The summed E-state index contributed by atoms with van der Waals surface area (Å²) in [6, 6.07) is 19.6. The second-order valence-electron chi connectivity index (χ2n) is 5.90. The van der Waals surface area contributed by atoms with Crippen molar-refractivity contribution in [2.75, 3.05) is 5.32 Å². The molecule has 2 atom stereocenters. The summed E-state index contributed by atoms with van der Waals surface area (Å²) in [5, 5.41) is 15.6.